The quantitative estimate of drug-likeness (QED) is 0.579. The first-order valence-electron chi connectivity index (χ1n) is 9.48. The minimum Gasteiger partial charge on any atom is -0.486 e. The standard InChI is InChI=1S/C23H26N2O2S/c1-16(2)23(18-7-5-4-6-8-18)25-21(26)13-19-15-28-22(24-19)14-27-20-11-9-17(3)10-12-20/h4-12,15-16,23H,13-14H2,1-3H3,(H,25,26). The maximum absolute atomic E-state index is 12.5. The Morgan fingerprint density at radius 1 is 1.11 bits per heavy atom. The summed E-state index contributed by atoms with van der Waals surface area (Å²) in [7, 11) is 0. The van der Waals surface area contributed by atoms with Gasteiger partial charge in [0.25, 0.3) is 0 Å². The molecule has 0 radical (unpaired) electrons. The molecule has 3 aromatic rings. The molecule has 0 aliphatic carbocycles. The molecular formula is C23H26N2O2S. The summed E-state index contributed by atoms with van der Waals surface area (Å²) in [4.78, 5) is 17.1. The summed E-state index contributed by atoms with van der Waals surface area (Å²) >= 11 is 1.52. The van der Waals surface area contributed by atoms with E-state index < -0.39 is 0 Å². The largest absolute Gasteiger partial charge is 0.486 e. The van der Waals surface area contributed by atoms with Gasteiger partial charge in [-0.2, -0.15) is 0 Å². The third-order valence-corrected chi connectivity index (χ3v) is 5.34. The van der Waals surface area contributed by atoms with Crippen LogP contribution in [0.3, 0.4) is 0 Å². The van der Waals surface area contributed by atoms with Gasteiger partial charge in [0.15, 0.2) is 0 Å². The number of carbonyl (C=O) groups is 1. The number of aromatic nitrogens is 1. The average Bonchev–Trinajstić information content (AvgIpc) is 3.13. The highest BCUT2D eigenvalue weighted by molar-refractivity contribution is 7.09. The first-order valence-corrected chi connectivity index (χ1v) is 10.4. The number of hydrogen-bond donors (Lipinski definition) is 1. The van der Waals surface area contributed by atoms with E-state index in [9.17, 15) is 4.79 Å². The van der Waals surface area contributed by atoms with Crippen LogP contribution in [0.2, 0.25) is 0 Å². The summed E-state index contributed by atoms with van der Waals surface area (Å²) in [5.41, 5.74) is 3.10. The predicted octanol–water partition coefficient (Wildman–Crippen LogP) is 5.09. The molecule has 4 nitrogen and oxygen atoms in total. The molecule has 1 amide bonds. The van der Waals surface area contributed by atoms with Gasteiger partial charge < -0.3 is 10.1 Å². The fourth-order valence-electron chi connectivity index (χ4n) is 2.96. The Bertz CT molecular complexity index is 888. The smallest absolute Gasteiger partial charge is 0.226 e. The van der Waals surface area contributed by atoms with Crippen LogP contribution in [-0.4, -0.2) is 10.9 Å². The number of amides is 1. The van der Waals surface area contributed by atoms with Crippen LogP contribution in [0.15, 0.2) is 60.0 Å². The van der Waals surface area contributed by atoms with E-state index in [2.05, 4.69) is 24.1 Å². The second-order valence-electron chi connectivity index (χ2n) is 7.21. The number of rotatable bonds is 8. The molecule has 1 aromatic heterocycles. The van der Waals surface area contributed by atoms with Crippen LogP contribution in [0.4, 0.5) is 0 Å². The number of nitrogens with zero attached hydrogens (tertiary/aromatic N) is 1. The van der Waals surface area contributed by atoms with Gasteiger partial charge in [0.1, 0.15) is 17.4 Å². The van der Waals surface area contributed by atoms with E-state index in [1.165, 1.54) is 16.9 Å². The van der Waals surface area contributed by atoms with Crippen LogP contribution in [0.1, 0.15) is 41.7 Å². The summed E-state index contributed by atoms with van der Waals surface area (Å²) in [6, 6.07) is 18.0. The van der Waals surface area contributed by atoms with E-state index in [0.29, 0.717) is 12.5 Å². The van der Waals surface area contributed by atoms with Crippen molar-refractivity contribution in [3.05, 3.63) is 81.8 Å². The number of hydrogen-bond acceptors (Lipinski definition) is 4. The Kier molecular flexibility index (Phi) is 6.82. The number of aryl methyl sites for hydroxylation is 1. The monoisotopic (exact) mass is 394 g/mol. The number of benzene rings is 2. The van der Waals surface area contributed by atoms with Crippen LogP contribution in [-0.2, 0) is 17.8 Å². The van der Waals surface area contributed by atoms with Gasteiger partial charge in [0, 0.05) is 5.38 Å². The van der Waals surface area contributed by atoms with Crippen molar-refractivity contribution in [3.63, 3.8) is 0 Å². The first kappa shape index (κ1) is 20.1. The van der Waals surface area contributed by atoms with Crippen molar-refractivity contribution in [3.8, 4) is 5.75 Å². The minimum atomic E-state index is -0.0149. The fraction of sp³-hybridized carbons (Fsp3) is 0.304. The molecule has 146 valence electrons. The van der Waals surface area contributed by atoms with Gasteiger partial charge >= 0.3 is 0 Å². The highest BCUT2D eigenvalue weighted by atomic mass is 32.1. The molecule has 0 bridgehead atoms. The van der Waals surface area contributed by atoms with Crippen LogP contribution in [0.25, 0.3) is 0 Å². The third kappa shape index (κ3) is 5.67. The highest BCUT2D eigenvalue weighted by Crippen LogP contribution is 2.22. The van der Waals surface area contributed by atoms with E-state index in [1.54, 1.807) is 0 Å². The molecule has 28 heavy (non-hydrogen) atoms. The lowest BCUT2D eigenvalue weighted by Crippen LogP contribution is -2.32. The van der Waals surface area contributed by atoms with Crippen molar-refractivity contribution in [1.82, 2.24) is 10.3 Å². The van der Waals surface area contributed by atoms with E-state index in [1.807, 2.05) is 66.9 Å². The molecule has 2 aromatic carbocycles. The normalized spacial score (nSPS) is 12.0. The molecule has 1 N–H and O–H groups in total. The number of ether oxygens (including phenoxy) is 1. The van der Waals surface area contributed by atoms with E-state index in [4.69, 9.17) is 4.74 Å². The van der Waals surface area contributed by atoms with Crippen molar-refractivity contribution in [2.24, 2.45) is 5.92 Å². The Morgan fingerprint density at radius 2 is 1.82 bits per heavy atom. The first-order chi connectivity index (χ1) is 13.5. The molecule has 0 spiro atoms. The topological polar surface area (TPSA) is 51.2 Å². The molecule has 0 fully saturated rings. The fourth-order valence-corrected chi connectivity index (χ4v) is 3.67. The summed E-state index contributed by atoms with van der Waals surface area (Å²) in [5.74, 6) is 1.11. The predicted molar refractivity (Wildman–Crippen MR) is 113 cm³/mol. The van der Waals surface area contributed by atoms with Gasteiger partial charge in [0.2, 0.25) is 5.91 Å². The molecular weight excluding hydrogens is 368 g/mol. The molecule has 0 aliphatic rings. The third-order valence-electron chi connectivity index (χ3n) is 4.47. The van der Waals surface area contributed by atoms with Crippen molar-refractivity contribution >= 4 is 17.2 Å². The number of nitrogens with one attached hydrogen (secondary N) is 1. The maximum Gasteiger partial charge on any atom is 0.226 e. The average molecular weight is 395 g/mol. The van der Waals surface area contributed by atoms with E-state index >= 15 is 0 Å². The van der Waals surface area contributed by atoms with Gasteiger partial charge in [-0.25, -0.2) is 4.98 Å². The molecule has 3 rings (SSSR count). The minimum absolute atomic E-state index is 0.00308. The molecule has 1 unspecified atom stereocenters. The van der Waals surface area contributed by atoms with Crippen molar-refractivity contribution in [2.45, 2.75) is 39.8 Å². The second kappa shape index (κ2) is 9.51. The zero-order valence-electron chi connectivity index (χ0n) is 16.5. The zero-order valence-corrected chi connectivity index (χ0v) is 17.3. The molecule has 5 heteroatoms. The van der Waals surface area contributed by atoms with Gasteiger partial charge in [-0.15, -0.1) is 11.3 Å². The van der Waals surface area contributed by atoms with E-state index in [-0.39, 0.29) is 18.4 Å². The lowest BCUT2D eigenvalue weighted by molar-refractivity contribution is -0.121. The SMILES string of the molecule is Cc1ccc(OCc2nc(CC(=O)NC(c3ccccc3)C(C)C)cs2)cc1. The van der Waals surface area contributed by atoms with Gasteiger partial charge in [-0.05, 0) is 30.5 Å². The highest BCUT2D eigenvalue weighted by Gasteiger charge is 2.19. The number of thiazole rings is 1. The van der Waals surface area contributed by atoms with Crippen LogP contribution in [0.5, 0.6) is 5.75 Å². The lowest BCUT2D eigenvalue weighted by Gasteiger charge is -2.22. The Labute approximate surface area is 170 Å². The summed E-state index contributed by atoms with van der Waals surface area (Å²) in [5, 5.41) is 5.95. The van der Waals surface area contributed by atoms with Crippen LogP contribution >= 0.6 is 11.3 Å². The number of carbonyl (C=O) groups excluding carboxylic acids is 1. The summed E-state index contributed by atoms with van der Waals surface area (Å²) in [6.45, 7) is 6.68. The Balaban J connectivity index is 1.55. The molecule has 1 heterocycles. The molecule has 0 saturated heterocycles. The van der Waals surface area contributed by atoms with Gasteiger partial charge in [0.05, 0.1) is 18.2 Å². The molecule has 1 atom stereocenters. The van der Waals surface area contributed by atoms with Crippen molar-refractivity contribution < 1.29 is 9.53 Å². The van der Waals surface area contributed by atoms with Crippen LogP contribution in [0, 0.1) is 12.8 Å². The zero-order chi connectivity index (χ0) is 19.9. The van der Waals surface area contributed by atoms with Crippen LogP contribution < -0.4 is 10.1 Å². The van der Waals surface area contributed by atoms with Crippen molar-refractivity contribution in [2.75, 3.05) is 0 Å². The summed E-state index contributed by atoms with van der Waals surface area (Å²) < 4.78 is 5.77. The van der Waals surface area contributed by atoms with Gasteiger partial charge in [-0.1, -0.05) is 61.9 Å². The molecule has 0 saturated carbocycles. The lowest BCUT2D eigenvalue weighted by atomic mass is 9.96. The Morgan fingerprint density at radius 3 is 2.50 bits per heavy atom. The maximum atomic E-state index is 12.5. The Hall–Kier alpha value is -2.66. The van der Waals surface area contributed by atoms with Crippen molar-refractivity contribution in [1.29, 1.82) is 0 Å². The molecule has 0 aliphatic heterocycles. The van der Waals surface area contributed by atoms with Gasteiger partial charge in [-0.3, -0.25) is 4.79 Å². The second-order valence-corrected chi connectivity index (χ2v) is 8.15. The van der Waals surface area contributed by atoms with E-state index in [0.717, 1.165) is 22.0 Å². The summed E-state index contributed by atoms with van der Waals surface area (Å²) in [6.07, 6.45) is 0.275.